The molecular formula is C13H20ClFN2. The lowest BCUT2D eigenvalue weighted by Crippen LogP contribution is -2.43. The molecule has 96 valence electrons. The Labute approximate surface area is 109 Å². The first-order valence-electron chi connectivity index (χ1n) is 5.92. The number of benzene rings is 1. The first-order valence-corrected chi connectivity index (χ1v) is 5.92. The zero-order valence-electron chi connectivity index (χ0n) is 10.2. The molecule has 0 spiro atoms. The van der Waals surface area contributed by atoms with E-state index in [9.17, 15) is 4.39 Å². The maximum atomic E-state index is 13.0. The van der Waals surface area contributed by atoms with Crippen molar-refractivity contribution in [3.63, 3.8) is 0 Å². The molecule has 0 bridgehead atoms. The summed E-state index contributed by atoms with van der Waals surface area (Å²) in [5.41, 5.74) is 1.07. The Kier molecular flexibility index (Phi) is 5.89. The minimum atomic E-state index is -0.139. The Balaban J connectivity index is 0.00000144. The number of nitrogens with zero attached hydrogens (tertiary/aromatic N) is 1. The molecule has 2 rings (SSSR count). The summed E-state index contributed by atoms with van der Waals surface area (Å²) < 4.78 is 13.0. The van der Waals surface area contributed by atoms with Crippen LogP contribution in [-0.2, 0) is 6.54 Å². The zero-order chi connectivity index (χ0) is 11.4. The Morgan fingerprint density at radius 3 is 3.00 bits per heavy atom. The fraction of sp³-hybridized carbons (Fsp3) is 0.538. The van der Waals surface area contributed by atoms with E-state index in [-0.39, 0.29) is 18.2 Å². The highest BCUT2D eigenvalue weighted by molar-refractivity contribution is 5.85. The van der Waals surface area contributed by atoms with E-state index in [2.05, 4.69) is 10.2 Å². The van der Waals surface area contributed by atoms with Gasteiger partial charge in [0.05, 0.1) is 0 Å². The molecule has 0 saturated carbocycles. The Morgan fingerprint density at radius 1 is 1.47 bits per heavy atom. The minimum Gasteiger partial charge on any atom is -0.316 e. The summed E-state index contributed by atoms with van der Waals surface area (Å²) in [6.07, 6.45) is 2.47. The standard InChI is InChI=1S/C13H19FN2.ClH/c1-15-13-6-3-7-16(10-13)9-11-4-2-5-12(14)8-11;/h2,4-5,8,13,15H,3,6-7,9-10H2,1H3;1H. The average Bonchev–Trinajstić information content (AvgIpc) is 2.29. The number of hydrogen-bond donors (Lipinski definition) is 1. The van der Waals surface area contributed by atoms with Gasteiger partial charge in [-0.25, -0.2) is 4.39 Å². The number of likely N-dealkylation sites (N-methyl/N-ethyl adjacent to an activating group) is 1. The smallest absolute Gasteiger partial charge is 0.123 e. The summed E-state index contributed by atoms with van der Waals surface area (Å²) in [6.45, 7) is 3.04. The van der Waals surface area contributed by atoms with Crippen LogP contribution in [-0.4, -0.2) is 31.1 Å². The predicted octanol–water partition coefficient (Wildman–Crippen LogP) is 2.43. The Morgan fingerprint density at radius 2 is 2.29 bits per heavy atom. The van der Waals surface area contributed by atoms with Crippen molar-refractivity contribution in [3.05, 3.63) is 35.6 Å². The van der Waals surface area contributed by atoms with E-state index in [1.807, 2.05) is 13.1 Å². The number of hydrogen-bond acceptors (Lipinski definition) is 2. The highest BCUT2D eigenvalue weighted by Crippen LogP contribution is 2.14. The van der Waals surface area contributed by atoms with E-state index in [0.29, 0.717) is 6.04 Å². The lowest BCUT2D eigenvalue weighted by molar-refractivity contribution is 0.188. The lowest BCUT2D eigenvalue weighted by Gasteiger charge is -2.32. The van der Waals surface area contributed by atoms with Gasteiger partial charge in [-0.1, -0.05) is 12.1 Å². The average molecular weight is 259 g/mol. The van der Waals surface area contributed by atoms with Gasteiger partial charge in [-0.3, -0.25) is 4.90 Å². The zero-order valence-corrected chi connectivity index (χ0v) is 11.0. The minimum absolute atomic E-state index is 0. The predicted molar refractivity (Wildman–Crippen MR) is 71.0 cm³/mol. The van der Waals surface area contributed by atoms with Crippen molar-refractivity contribution >= 4 is 12.4 Å². The summed E-state index contributed by atoms with van der Waals surface area (Å²) in [4.78, 5) is 2.39. The molecule has 1 heterocycles. The van der Waals surface area contributed by atoms with Crippen LogP contribution in [0.15, 0.2) is 24.3 Å². The fourth-order valence-corrected chi connectivity index (χ4v) is 2.33. The second-order valence-electron chi connectivity index (χ2n) is 4.49. The number of piperidine rings is 1. The van der Waals surface area contributed by atoms with Crippen molar-refractivity contribution in [1.29, 1.82) is 0 Å². The molecule has 1 atom stereocenters. The van der Waals surface area contributed by atoms with Crippen molar-refractivity contribution in [3.8, 4) is 0 Å². The maximum absolute atomic E-state index is 13.0. The molecule has 1 unspecified atom stereocenters. The highest BCUT2D eigenvalue weighted by atomic mass is 35.5. The van der Waals surface area contributed by atoms with Crippen LogP contribution in [0.2, 0.25) is 0 Å². The van der Waals surface area contributed by atoms with E-state index < -0.39 is 0 Å². The molecule has 0 aromatic heterocycles. The van der Waals surface area contributed by atoms with Crippen LogP contribution in [0.25, 0.3) is 0 Å². The number of nitrogens with one attached hydrogen (secondary N) is 1. The van der Waals surface area contributed by atoms with Crippen molar-refractivity contribution in [1.82, 2.24) is 10.2 Å². The van der Waals surface area contributed by atoms with Gasteiger partial charge in [0.2, 0.25) is 0 Å². The molecule has 1 N–H and O–H groups in total. The van der Waals surface area contributed by atoms with Gasteiger partial charge in [-0.2, -0.15) is 0 Å². The third-order valence-electron chi connectivity index (χ3n) is 3.21. The number of likely N-dealkylation sites (tertiary alicyclic amines) is 1. The maximum Gasteiger partial charge on any atom is 0.123 e. The molecule has 0 radical (unpaired) electrons. The van der Waals surface area contributed by atoms with Gasteiger partial charge in [-0.05, 0) is 44.1 Å². The van der Waals surface area contributed by atoms with Crippen LogP contribution < -0.4 is 5.32 Å². The van der Waals surface area contributed by atoms with Crippen LogP contribution in [0.1, 0.15) is 18.4 Å². The first kappa shape index (κ1) is 14.4. The summed E-state index contributed by atoms with van der Waals surface area (Å²) in [7, 11) is 2.01. The van der Waals surface area contributed by atoms with E-state index in [0.717, 1.165) is 25.2 Å². The van der Waals surface area contributed by atoms with E-state index in [4.69, 9.17) is 0 Å². The van der Waals surface area contributed by atoms with Gasteiger partial charge in [0.15, 0.2) is 0 Å². The van der Waals surface area contributed by atoms with Gasteiger partial charge >= 0.3 is 0 Å². The van der Waals surface area contributed by atoms with Gasteiger partial charge < -0.3 is 5.32 Å². The quantitative estimate of drug-likeness (QED) is 0.896. The molecule has 1 aromatic rings. The number of halogens is 2. The molecule has 17 heavy (non-hydrogen) atoms. The van der Waals surface area contributed by atoms with E-state index >= 15 is 0 Å². The SMILES string of the molecule is CNC1CCCN(Cc2cccc(F)c2)C1.Cl. The molecule has 0 aliphatic carbocycles. The molecule has 1 aliphatic heterocycles. The van der Waals surface area contributed by atoms with Gasteiger partial charge in [0.1, 0.15) is 5.82 Å². The largest absolute Gasteiger partial charge is 0.316 e. The second-order valence-corrected chi connectivity index (χ2v) is 4.49. The third kappa shape index (κ3) is 4.26. The van der Waals surface area contributed by atoms with Crippen molar-refractivity contribution in [2.75, 3.05) is 20.1 Å². The number of rotatable bonds is 3. The van der Waals surface area contributed by atoms with Gasteiger partial charge in [0, 0.05) is 19.1 Å². The Bertz CT molecular complexity index is 346. The molecule has 0 amide bonds. The molecule has 1 aliphatic rings. The molecule has 1 aromatic carbocycles. The Hall–Kier alpha value is -0.640. The summed E-state index contributed by atoms with van der Waals surface area (Å²) >= 11 is 0. The summed E-state index contributed by atoms with van der Waals surface area (Å²) in [6, 6.07) is 7.48. The third-order valence-corrected chi connectivity index (χ3v) is 3.21. The topological polar surface area (TPSA) is 15.3 Å². The van der Waals surface area contributed by atoms with Crippen molar-refractivity contribution < 1.29 is 4.39 Å². The van der Waals surface area contributed by atoms with Crippen LogP contribution >= 0.6 is 12.4 Å². The molecule has 2 nitrogen and oxygen atoms in total. The normalized spacial score (nSPS) is 20.9. The van der Waals surface area contributed by atoms with Crippen molar-refractivity contribution in [2.45, 2.75) is 25.4 Å². The van der Waals surface area contributed by atoms with Crippen LogP contribution in [0.3, 0.4) is 0 Å². The van der Waals surface area contributed by atoms with E-state index in [1.165, 1.54) is 18.9 Å². The first-order chi connectivity index (χ1) is 7.78. The van der Waals surface area contributed by atoms with Gasteiger partial charge in [0.25, 0.3) is 0 Å². The van der Waals surface area contributed by atoms with E-state index in [1.54, 1.807) is 12.1 Å². The summed E-state index contributed by atoms with van der Waals surface area (Å²) in [5.74, 6) is -0.139. The summed E-state index contributed by atoms with van der Waals surface area (Å²) in [5, 5.41) is 3.32. The monoisotopic (exact) mass is 258 g/mol. The van der Waals surface area contributed by atoms with Crippen LogP contribution in [0.4, 0.5) is 4.39 Å². The second kappa shape index (κ2) is 6.94. The molecule has 1 fully saturated rings. The van der Waals surface area contributed by atoms with Crippen molar-refractivity contribution in [2.24, 2.45) is 0 Å². The van der Waals surface area contributed by atoms with Crippen LogP contribution in [0, 0.1) is 5.82 Å². The fourth-order valence-electron chi connectivity index (χ4n) is 2.33. The molecular weight excluding hydrogens is 239 g/mol. The molecule has 1 saturated heterocycles. The highest BCUT2D eigenvalue weighted by Gasteiger charge is 2.18. The molecule has 4 heteroatoms. The van der Waals surface area contributed by atoms with Crippen LogP contribution in [0.5, 0.6) is 0 Å². The lowest BCUT2D eigenvalue weighted by atomic mass is 10.1. The van der Waals surface area contributed by atoms with Gasteiger partial charge in [-0.15, -0.1) is 12.4 Å².